The fraction of sp³-hybridized carbons (Fsp3) is 0.385. The van der Waals surface area contributed by atoms with Crippen LogP contribution in [0.1, 0.15) is 18.4 Å². The maximum absolute atomic E-state index is 4.07. The van der Waals surface area contributed by atoms with Gasteiger partial charge < -0.3 is 5.32 Å². The van der Waals surface area contributed by atoms with Gasteiger partial charge in [0.15, 0.2) is 0 Å². The zero-order chi connectivity index (χ0) is 9.80. The van der Waals surface area contributed by atoms with Crippen molar-refractivity contribution in [3.63, 3.8) is 0 Å². The quantitative estimate of drug-likeness (QED) is 0.702. The van der Waals surface area contributed by atoms with E-state index in [-0.39, 0.29) is 0 Å². The van der Waals surface area contributed by atoms with Crippen LogP contribution in [0.5, 0.6) is 0 Å². The van der Waals surface area contributed by atoms with Gasteiger partial charge >= 0.3 is 0 Å². The van der Waals surface area contributed by atoms with Crippen molar-refractivity contribution >= 4 is 0 Å². The lowest BCUT2D eigenvalue weighted by molar-refractivity contribution is 0.461. The zero-order valence-electron chi connectivity index (χ0n) is 8.50. The van der Waals surface area contributed by atoms with E-state index in [9.17, 15) is 0 Å². The predicted octanol–water partition coefficient (Wildman–Crippen LogP) is 2.54. The fourth-order valence-corrected chi connectivity index (χ4v) is 2.02. The molecule has 74 valence electrons. The van der Waals surface area contributed by atoms with Crippen LogP contribution in [0.3, 0.4) is 0 Å². The monoisotopic (exact) mass is 187 g/mol. The summed E-state index contributed by atoms with van der Waals surface area (Å²) in [6, 6.07) is 11.3. The Kier molecular flexibility index (Phi) is 3.00. The molecule has 1 aliphatic heterocycles. The van der Waals surface area contributed by atoms with E-state index < -0.39 is 0 Å². The molecule has 1 saturated heterocycles. The summed E-state index contributed by atoms with van der Waals surface area (Å²) in [7, 11) is 0. The number of benzene rings is 1. The first-order valence-corrected chi connectivity index (χ1v) is 5.28. The molecule has 1 nitrogen and oxygen atoms in total. The Balaban J connectivity index is 1.94. The van der Waals surface area contributed by atoms with Crippen molar-refractivity contribution in [2.24, 2.45) is 0 Å². The SMILES string of the molecule is C=C1CCNC(Cc2ccccc2)C1. The van der Waals surface area contributed by atoms with E-state index >= 15 is 0 Å². The summed E-state index contributed by atoms with van der Waals surface area (Å²) in [5.74, 6) is 0. The lowest BCUT2D eigenvalue weighted by Gasteiger charge is -2.25. The number of nitrogens with one attached hydrogen (secondary N) is 1. The normalized spacial score (nSPS) is 22.3. The minimum atomic E-state index is 0.596. The average Bonchev–Trinajstić information content (AvgIpc) is 2.19. The summed E-state index contributed by atoms with van der Waals surface area (Å²) in [5, 5.41) is 3.54. The molecule has 1 heteroatoms. The Morgan fingerprint density at radius 2 is 2.07 bits per heavy atom. The van der Waals surface area contributed by atoms with E-state index in [1.54, 1.807) is 0 Å². The maximum Gasteiger partial charge on any atom is 0.0145 e. The van der Waals surface area contributed by atoms with Gasteiger partial charge in [-0.15, -0.1) is 0 Å². The van der Waals surface area contributed by atoms with E-state index in [1.165, 1.54) is 11.1 Å². The molecule has 2 rings (SSSR count). The summed E-state index contributed by atoms with van der Waals surface area (Å²) >= 11 is 0. The van der Waals surface area contributed by atoms with Gasteiger partial charge in [-0.1, -0.05) is 42.5 Å². The van der Waals surface area contributed by atoms with E-state index in [0.717, 1.165) is 25.8 Å². The molecule has 1 aromatic carbocycles. The van der Waals surface area contributed by atoms with E-state index in [4.69, 9.17) is 0 Å². The van der Waals surface area contributed by atoms with Gasteiger partial charge in [-0.25, -0.2) is 0 Å². The smallest absolute Gasteiger partial charge is 0.0145 e. The molecule has 14 heavy (non-hydrogen) atoms. The molecule has 1 heterocycles. The Bertz CT molecular complexity index is 302. The molecule has 1 N–H and O–H groups in total. The number of hydrogen-bond donors (Lipinski definition) is 1. The first-order chi connectivity index (χ1) is 6.84. The minimum Gasteiger partial charge on any atom is -0.313 e. The van der Waals surface area contributed by atoms with Crippen molar-refractivity contribution in [3.05, 3.63) is 48.0 Å². The van der Waals surface area contributed by atoms with Crippen molar-refractivity contribution in [1.29, 1.82) is 0 Å². The van der Waals surface area contributed by atoms with Crippen molar-refractivity contribution < 1.29 is 0 Å². The highest BCUT2D eigenvalue weighted by atomic mass is 14.9. The Morgan fingerprint density at radius 3 is 2.79 bits per heavy atom. The molecule has 1 fully saturated rings. The van der Waals surface area contributed by atoms with E-state index in [2.05, 4.69) is 42.2 Å². The van der Waals surface area contributed by atoms with Crippen molar-refractivity contribution in [3.8, 4) is 0 Å². The summed E-state index contributed by atoms with van der Waals surface area (Å²) in [5.41, 5.74) is 2.81. The van der Waals surface area contributed by atoms with Crippen molar-refractivity contribution in [1.82, 2.24) is 5.32 Å². The molecular formula is C13H17N. The van der Waals surface area contributed by atoms with Crippen LogP contribution in [0.2, 0.25) is 0 Å². The number of piperidine rings is 1. The molecule has 0 spiro atoms. The Hall–Kier alpha value is -1.08. The van der Waals surface area contributed by atoms with Crippen LogP contribution >= 0.6 is 0 Å². The van der Waals surface area contributed by atoms with Gasteiger partial charge in [0.25, 0.3) is 0 Å². The van der Waals surface area contributed by atoms with Crippen LogP contribution in [0.15, 0.2) is 42.5 Å². The third kappa shape index (κ3) is 2.46. The minimum absolute atomic E-state index is 0.596. The molecule has 1 unspecified atom stereocenters. The molecular weight excluding hydrogens is 170 g/mol. The van der Waals surface area contributed by atoms with Crippen molar-refractivity contribution in [2.75, 3.05) is 6.54 Å². The predicted molar refractivity (Wildman–Crippen MR) is 60.3 cm³/mol. The first kappa shape index (κ1) is 9.47. The molecule has 1 aliphatic rings. The van der Waals surface area contributed by atoms with Gasteiger partial charge in [0.2, 0.25) is 0 Å². The topological polar surface area (TPSA) is 12.0 Å². The first-order valence-electron chi connectivity index (χ1n) is 5.28. The van der Waals surface area contributed by atoms with Crippen LogP contribution < -0.4 is 5.32 Å². The summed E-state index contributed by atoms with van der Waals surface area (Å²) in [6.45, 7) is 5.16. The highest BCUT2D eigenvalue weighted by molar-refractivity contribution is 5.17. The highest BCUT2D eigenvalue weighted by Gasteiger charge is 2.14. The van der Waals surface area contributed by atoms with E-state index in [1.807, 2.05) is 0 Å². The van der Waals surface area contributed by atoms with Gasteiger partial charge in [0.1, 0.15) is 0 Å². The van der Waals surface area contributed by atoms with Gasteiger partial charge in [-0.2, -0.15) is 0 Å². The lowest BCUT2D eigenvalue weighted by atomic mass is 9.95. The molecule has 0 amide bonds. The van der Waals surface area contributed by atoms with Crippen molar-refractivity contribution in [2.45, 2.75) is 25.3 Å². The van der Waals surface area contributed by atoms with E-state index in [0.29, 0.717) is 6.04 Å². The third-order valence-electron chi connectivity index (χ3n) is 2.77. The zero-order valence-corrected chi connectivity index (χ0v) is 8.50. The molecule has 0 radical (unpaired) electrons. The standard InChI is InChI=1S/C13H17N/c1-11-7-8-14-13(9-11)10-12-5-3-2-4-6-12/h2-6,13-14H,1,7-10H2. The fourth-order valence-electron chi connectivity index (χ4n) is 2.02. The Morgan fingerprint density at radius 1 is 1.29 bits per heavy atom. The second-order valence-electron chi connectivity index (χ2n) is 4.04. The lowest BCUT2D eigenvalue weighted by Crippen LogP contribution is -2.36. The Labute approximate surface area is 85.8 Å². The molecule has 1 atom stereocenters. The van der Waals surface area contributed by atoms with Crippen LogP contribution in [0.25, 0.3) is 0 Å². The summed E-state index contributed by atoms with van der Waals surface area (Å²) in [4.78, 5) is 0. The second kappa shape index (κ2) is 4.43. The molecule has 0 aliphatic carbocycles. The van der Waals surface area contributed by atoms with Gasteiger partial charge in [-0.3, -0.25) is 0 Å². The van der Waals surface area contributed by atoms with Crippen LogP contribution in [-0.2, 0) is 6.42 Å². The largest absolute Gasteiger partial charge is 0.313 e. The third-order valence-corrected chi connectivity index (χ3v) is 2.77. The van der Waals surface area contributed by atoms with Crippen LogP contribution in [0, 0.1) is 0 Å². The van der Waals surface area contributed by atoms with Gasteiger partial charge in [-0.05, 0) is 31.4 Å². The average molecular weight is 187 g/mol. The van der Waals surface area contributed by atoms with Crippen LogP contribution in [-0.4, -0.2) is 12.6 Å². The summed E-state index contributed by atoms with van der Waals surface area (Å²) in [6.07, 6.45) is 3.40. The molecule has 1 aromatic rings. The summed E-state index contributed by atoms with van der Waals surface area (Å²) < 4.78 is 0. The molecule has 0 aromatic heterocycles. The van der Waals surface area contributed by atoms with Gasteiger partial charge in [0.05, 0.1) is 0 Å². The maximum atomic E-state index is 4.07. The highest BCUT2D eigenvalue weighted by Crippen LogP contribution is 2.16. The molecule has 0 saturated carbocycles. The van der Waals surface area contributed by atoms with Gasteiger partial charge in [0, 0.05) is 6.04 Å². The number of rotatable bonds is 2. The molecule has 0 bridgehead atoms. The second-order valence-corrected chi connectivity index (χ2v) is 4.04. The van der Waals surface area contributed by atoms with Crippen LogP contribution in [0.4, 0.5) is 0 Å². The number of hydrogen-bond acceptors (Lipinski definition) is 1.